The minimum absolute atomic E-state index is 0.0327. The van der Waals surface area contributed by atoms with Crippen molar-refractivity contribution in [1.82, 2.24) is 15.3 Å². The van der Waals surface area contributed by atoms with E-state index in [2.05, 4.69) is 60.5 Å². The van der Waals surface area contributed by atoms with Crippen LogP contribution >= 0.6 is 0 Å². The number of piperidine rings is 1. The lowest BCUT2D eigenvalue weighted by Gasteiger charge is -2.45. The van der Waals surface area contributed by atoms with Crippen LogP contribution in [0.1, 0.15) is 57.2 Å². The van der Waals surface area contributed by atoms with Gasteiger partial charge in [-0.05, 0) is 64.5 Å². The fourth-order valence-corrected chi connectivity index (χ4v) is 6.15. The maximum atomic E-state index is 13.1. The Labute approximate surface area is 214 Å². The van der Waals surface area contributed by atoms with Gasteiger partial charge in [0, 0.05) is 43.0 Å². The van der Waals surface area contributed by atoms with Crippen LogP contribution in [0.3, 0.4) is 0 Å². The summed E-state index contributed by atoms with van der Waals surface area (Å²) in [5.41, 5.74) is 3.20. The third-order valence-electron chi connectivity index (χ3n) is 8.06. The van der Waals surface area contributed by atoms with Crippen molar-refractivity contribution in [1.29, 1.82) is 0 Å². The number of ether oxygens (including phenoxy) is 1. The highest BCUT2D eigenvalue weighted by molar-refractivity contribution is 5.82. The van der Waals surface area contributed by atoms with E-state index in [9.17, 15) is 4.79 Å². The second-order valence-corrected chi connectivity index (χ2v) is 11.1. The molecule has 190 valence electrons. The molecular weight excluding hydrogens is 448 g/mol. The molecule has 6 heteroatoms. The van der Waals surface area contributed by atoms with Gasteiger partial charge >= 0.3 is 0 Å². The van der Waals surface area contributed by atoms with Crippen molar-refractivity contribution in [2.45, 2.75) is 63.9 Å². The van der Waals surface area contributed by atoms with Gasteiger partial charge < -0.3 is 15.0 Å². The lowest BCUT2D eigenvalue weighted by atomic mass is 9.67. The summed E-state index contributed by atoms with van der Waals surface area (Å²) in [5.74, 6) is 0.999. The number of fused-ring (bicyclic) bond motifs is 1. The molecule has 2 aromatic carbocycles. The Morgan fingerprint density at radius 1 is 1.06 bits per heavy atom. The highest BCUT2D eigenvalue weighted by Gasteiger charge is 2.41. The van der Waals surface area contributed by atoms with Crippen LogP contribution in [0.25, 0.3) is 10.9 Å². The van der Waals surface area contributed by atoms with E-state index in [0.717, 1.165) is 74.3 Å². The summed E-state index contributed by atoms with van der Waals surface area (Å²) in [6.07, 6.45) is 4.53. The molecule has 1 atom stereocenters. The minimum Gasteiger partial charge on any atom is -0.376 e. The summed E-state index contributed by atoms with van der Waals surface area (Å²) >= 11 is 0. The molecule has 3 aromatic rings. The van der Waals surface area contributed by atoms with Gasteiger partial charge in [-0.25, -0.2) is 9.97 Å². The van der Waals surface area contributed by atoms with Crippen LogP contribution < -0.4 is 10.2 Å². The third-order valence-corrected chi connectivity index (χ3v) is 8.06. The van der Waals surface area contributed by atoms with E-state index in [1.165, 1.54) is 5.56 Å². The van der Waals surface area contributed by atoms with Gasteiger partial charge in [0.2, 0.25) is 11.9 Å². The number of carbonyl (C=O) groups excluding carboxylic acids is 1. The van der Waals surface area contributed by atoms with Crippen molar-refractivity contribution in [3.8, 4) is 0 Å². The van der Waals surface area contributed by atoms with E-state index in [1.807, 2.05) is 25.1 Å². The van der Waals surface area contributed by atoms with E-state index in [0.29, 0.717) is 6.54 Å². The van der Waals surface area contributed by atoms with Gasteiger partial charge in [-0.3, -0.25) is 4.79 Å². The van der Waals surface area contributed by atoms with Crippen molar-refractivity contribution in [2.24, 2.45) is 5.92 Å². The van der Waals surface area contributed by atoms with Crippen LogP contribution in [0.2, 0.25) is 0 Å². The van der Waals surface area contributed by atoms with Crippen LogP contribution in [0.5, 0.6) is 0 Å². The van der Waals surface area contributed by atoms with E-state index < -0.39 is 0 Å². The predicted molar refractivity (Wildman–Crippen MR) is 144 cm³/mol. The summed E-state index contributed by atoms with van der Waals surface area (Å²) in [4.78, 5) is 24.8. The molecule has 0 bridgehead atoms. The zero-order valence-electron chi connectivity index (χ0n) is 21.8. The summed E-state index contributed by atoms with van der Waals surface area (Å²) in [7, 11) is 0. The first-order valence-electron chi connectivity index (χ1n) is 13.3. The Morgan fingerprint density at radius 2 is 1.78 bits per heavy atom. The summed E-state index contributed by atoms with van der Waals surface area (Å²) in [6, 6.07) is 18.9. The molecule has 2 aliphatic heterocycles. The number of aryl methyl sites for hydroxylation is 1. The van der Waals surface area contributed by atoms with Gasteiger partial charge in [-0.15, -0.1) is 0 Å². The van der Waals surface area contributed by atoms with Crippen LogP contribution in [0, 0.1) is 12.8 Å². The Kier molecular flexibility index (Phi) is 6.98. The van der Waals surface area contributed by atoms with Crippen LogP contribution in [-0.2, 0) is 14.9 Å². The second kappa shape index (κ2) is 10.2. The molecule has 0 radical (unpaired) electrons. The van der Waals surface area contributed by atoms with E-state index in [1.54, 1.807) is 0 Å². The van der Waals surface area contributed by atoms with Gasteiger partial charge in [0.15, 0.2) is 0 Å². The molecule has 2 aliphatic rings. The molecule has 0 spiro atoms. The maximum absolute atomic E-state index is 13.1. The molecule has 36 heavy (non-hydrogen) atoms. The number of aromatic nitrogens is 2. The Morgan fingerprint density at radius 3 is 2.53 bits per heavy atom. The zero-order chi connectivity index (χ0) is 25.2. The monoisotopic (exact) mass is 486 g/mol. The van der Waals surface area contributed by atoms with Crippen LogP contribution in [0.15, 0.2) is 54.6 Å². The van der Waals surface area contributed by atoms with Crippen molar-refractivity contribution < 1.29 is 9.53 Å². The summed E-state index contributed by atoms with van der Waals surface area (Å²) in [6.45, 7) is 9.44. The van der Waals surface area contributed by atoms with Crippen molar-refractivity contribution in [3.05, 3.63) is 65.9 Å². The second-order valence-electron chi connectivity index (χ2n) is 11.1. The first-order valence-corrected chi connectivity index (χ1v) is 13.3. The molecule has 2 saturated heterocycles. The number of hydrogen-bond acceptors (Lipinski definition) is 5. The molecule has 5 rings (SSSR count). The Balaban J connectivity index is 1.18. The number of nitrogens with zero attached hydrogens (tertiary/aromatic N) is 3. The van der Waals surface area contributed by atoms with Gasteiger partial charge in [-0.2, -0.15) is 0 Å². The van der Waals surface area contributed by atoms with Gasteiger partial charge in [0.1, 0.15) is 0 Å². The number of anilines is 1. The molecule has 0 saturated carbocycles. The van der Waals surface area contributed by atoms with Crippen molar-refractivity contribution >= 4 is 22.8 Å². The van der Waals surface area contributed by atoms with E-state index >= 15 is 0 Å². The molecule has 3 heterocycles. The lowest BCUT2D eigenvalue weighted by molar-refractivity contribution is -0.125. The van der Waals surface area contributed by atoms with Gasteiger partial charge in [-0.1, -0.05) is 48.5 Å². The smallest absolute Gasteiger partial charge is 0.226 e. The fourth-order valence-electron chi connectivity index (χ4n) is 6.15. The molecule has 1 unspecified atom stereocenters. The largest absolute Gasteiger partial charge is 0.376 e. The number of hydrogen-bond donors (Lipinski definition) is 1. The predicted octanol–water partition coefficient (Wildman–Crippen LogP) is 5.19. The number of benzene rings is 2. The van der Waals surface area contributed by atoms with E-state index in [-0.39, 0.29) is 22.8 Å². The third kappa shape index (κ3) is 5.24. The topological polar surface area (TPSA) is 67.4 Å². The van der Waals surface area contributed by atoms with Gasteiger partial charge in [0.05, 0.1) is 16.8 Å². The van der Waals surface area contributed by atoms with Crippen molar-refractivity contribution in [2.75, 3.05) is 31.1 Å². The SMILES string of the molecule is Cc1nc(N2CCC(C(=O)NCCC3(c4ccccc4)CCOC(C)(C)C3)CC2)nc2ccccc12. The molecular formula is C30H38N4O2. The standard InChI is InChI=1S/C30H38N4O2/c1-22-25-11-7-8-12-26(25)33-28(32-22)34-18-13-23(14-19-34)27(35)31-17-15-30(24-9-5-4-6-10-24)16-20-36-29(2,3)21-30/h4-12,23H,13-21H2,1-3H3,(H,31,35). The average molecular weight is 487 g/mol. The number of para-hydroxylation sites is 1. The quantitative estimate of drug-likeness (QED) is 0.520. The minimum atomic E-state index is -0.159. The lowest BCUT2D eigenvalue weighted by Crippen LogP contribution is -2.46. The molecule has 1 amide bonds. The zero-order valence-corrected chi connectivity index (χ0v) is 21.8. The fraction of sp³-hybridized carbons (Fsp3) is 0.500. The highest BCUT2D eigenvalue weighted by Crippen LogP contribution is 2.43. The van der Waals surface area contributed by atoms with Gasteiger partial charge in [0.25, 0.3) is 0 Å². The first kappa shape index (κ1) is 24.7. The first-order chi connectivity index (χ1) is 17.4. The molecule has 2 fully saturated rings. The number of nitrogens with one attached hydrogen (secondary N) is 1. The summed E-state index contributed by atoms with van der Waals surface area (Å²) in [5, 5.41) is 4.37. The van der Waals surface area contributed by atoms with Crippen LogP contribution in [-0.4, -0.2) is 47.7 Å². The Hall–Kier alpha value is -2.99. The Bertz CT molecular complexity index is 1200. The highest BCUT2D eigenvalue weighted by atomic mass is 16.5. The molecule has 1 aromatic heterocycles. The normalized spacial score (nSPS) is 22.5. The average Bonchev–Trinajstić information content (AvgIpc) is 2.89. The molecule has 1 N–H and O–H groups in total. The summed E-state index contributed by atoms with van der Waals surface area (Å²) < 4.78 is 6.04. The van der Waals surface area contributed by atoms with E-state index in [4.69, 9.17) is 14.7 Å². The molecule has 6 nitrogen and oxygen atoms in total. The number of rotatable bonds is 6. The molecule has 0 aliphatic carbocycles. The maximum Gasteiger partial charge on any atom is 0.226 e. The van der Waals surface area contributed by atoms with Crippen LogP contribution in [0.4, 0.5) is 5.95 Å². The number of amides is 1. The van der Waals surface area contributed by atoms with Crippen molar-refractivity contribution in [3.63, 3.8) is 0 Å². The number of carbonyl (C=O) groups is 1.